The molecule has 2 N–H and O–H groups in total. The van der Waals surface area contributed by atoms with E-state index >= 15 is 0 Å². The number of anilines is 2. The maximum atomic E-state index is 11.8. The molecule has 20 nitrogen and oxygen atoms in total. The topological polar surface area (TPSA) is 253 Å². The quantitative estimate of drug-likeness (QED) is 0.0691. The first-order valence-electron chi connectivity index (χ1n) is 6.46. The first-order chi connectivity index (χ1) is 13.9. The molecule has 2 heterocycles. The third-order valence-corrected chi connectivity index (χ3v) is 4.97. The van der Waals surface area contributed by atoms with Crippen LogP contribution in [0.15, 0.2) is 19.5 Å². The van der Waals surface area contributed by atoms with E-state index in [1.54, 1.807) is 0 Å². The number of azo groups is 1. The van der Waals surface area contributed by atoms with Crippen LogP contribution in [-0.2, 0) is 0 Å². The summed E-state index contributed by atoms with van der Waals surface area (Å²) in [6, 6.07) is 0. The number of hydrogen-bond donors (Lipinski definition) is 2. The lowest BCUT2D eigenvalue weighted by Crippen LogP contribution is -2.39. The minimum Gasteiger partial charge on any atom is -0.257 e. The number of hydrogen-bond acceptors (Lipinski definition) is 14. The van der Waals surface area contributed by atoms with E-state index in [0.717, 1.165) is 0 Å². The highest BCUT2D eigenvalue weighted by molar-refractivity contribution is 9.25. The molecule has 0 bridgehead atoms. The number of nitrogens with zero attached hydrogens (tertiary/aromatic N) is 10. The van der Waals surface area contributed by atoms with Gasteiger partial charge in [-0.25, -0.2) is 9.26 Å². The number of aromatic nitrogens is 4. The van der Waals surface area contributed by atoms with Gasteiger partial charge < -0.3 is 0 Å². The molecule has 0 saturated carbocycles. The number of nitrogens with one attached hydrogen (secondary N) is 2. The number of hydrazine groups is 2. The molecule has 0 aliphatic carbocycles. The summed E-state index contributed by atoms with van der Waals surface area (Å²) < 4.78 is 3.80. The minimum atomic E-state index is -2.45. The largest absolute Gasteiger partial charge is 0.583 e. The van der Waals surface area contributed by atoms with Crippen LogP contribution in [0.5, 0.6) is 0 Å². The second-order valence-electron chi connectivity index (χ2n) is 4.42. The summed E-state index contributed by atoms with van der Waals surface area (Å²) >= 11 is 10.1. The van der Waals surface area contributed by atoms with Gasteiger partial charge >= 0.3 is 6.96 Å². The molecular weight excluding hydrogens is 688 g/mol. The molecule has 0 atom stereocenters. The van der Waals surface area contributed by atoms with Crippen LogP contribution in [0.2, 0.25) is 0 Å². The number of alkyl halides is 4. The maximum Gasteiger partial charge on any atom is 0.583 e. The van der Waals surface area contributed by atoms with Crippen molar-refractivity contribution in [2.75, 3.05) is 10.9 Å². The van der Waals surface area contributed by atoms with Crippen molar-refractivity contribution in [2.45, 2.75) is 6.96 Å². The highest BCUT2D eigenvalue weighted by Crippen LogP contribution is 2.32. The number of rotatable bonds is 10. The Bertz CT molecular complexity index is 951. The van der Waals surface area contributed by atoms with Crippen molar-refractivity contribution < 1.29 is 28.8 Å². The van der Waals surface area contributed by atoms with Crippen LogP contribution in [0.3, 0.4) is 0 Å². The third kappa shape index (κ3) is 5.11. The number of halogens is 4. The Morgan fingerprint density at radius 1 is 0.733 bits per heavy atom. The van der Waals surface area contributed by atoms with Gasteiger partial charge in [0.25, 0.3) is 23.3 Å². The van der Waals surface area contributed by atoms with Crippen LogP contribution in [0.1, 0.15) is 0 Å². The Balaban J connectivity index is 2.18. The lowest BCUT2D eigenvalue weighted by Gasteiger charge is -2.01. The first kappa shape index (κ1) is 23.7. The zero-order valence-electron chi connectivity index (χ0n) is 13.2. The fourth-order valence-corrected chi connectivity index (χ4v) is 1.56. The molecule has 30 heavy (non-hydrogen) atoms. The SMILES string of the molecule is O=[N+]([O-])C(Br)(Br)[N+](=O)Nc1nonc1N=Nc1nonc1N[N+](=O)C(Br)(Br)[N+](=O)[O-]. The van der Waals surface area contributed by atoms with Crippen molar-refractivity contribution in [1.82, 2.24) is 20.6 Å². The van der Waals surface area contributed by atoms with E-state index in [-0.39, 0.29) is 9.74 Å². The summed E-state index contributed by atoms with van der Waals surface area (Å²) in [5, 5.41) is 41.8. The molecule has 0 spiro atoms. The van der Waals surface area contributed by atoms with Gasteiger partial charge in [0.05, 0.1) is 9.81 Å². The summed E-state index contributed by atoms with van der Waals surface area (Å²) in [7, 11) is 0. The van der Waals surface area contributed by atoms with E-state index in [2.05, 4.69) is 104 Å². The van der Waals surface area contributed by atoms with Gasteiger partial charge in [-0.05, 0) is 20.6 Å². The molecule has 24 heteroatoms. The first-order valence-corrected chi connectivity index (χ1v) is 9.64. The highest BCUT2D eigenvalue weighted by Gasteiger charge is 2.56. The summed E-state index contributed by atoms with van der Waals surface area (Å²) in [5.74, 6) is -1.96. The van der Waals surface area contributed by atoms with Crippen LogP contribution in [0.25, 0.3) is 0 Å². The normalized spacial score (nSPS) is 12.0. The third-order valence-electron chi connectivity index (χ3n) is 2.52. The van der Waals surface area contributed by atoms with E-state index in [1.165, 1.54) is 0 Å². The molecule has 2 aromatic heterocycles. The van der Waals surface area contributed by atoms with Crippen molar-refractivity contribution >= 4 is 87.0 Å². The molecule has 0 saturated heterocycles. The lowest BCUT2D eigenvalue weighted by molar-refractivity contribution is -0.738. The lowest BCUT2D eigenvalue weighted by atomic mass is 10.6. The van der Waals surface area contributed by atoms with Gasteiger partial charge in [0.2, 0.25) is 9.74 Å². The molecule has 0 radical (unpaired) electrons. The molecule has 2 rings (SSSR count). The predicted octanol–water partition coefficient (Wildman–Crippen LogP) is 2.44. The van der Waals surface area contributed by atoms with Crippen LogP contribution < -0.4 is 10.9 Å². The van der Waals surface area contributed by atoms with Gasteiger partial charge in [0.1, 0.15) is 73.6 Å². The van der Waals surface area contributed by atoms with E-state index in [9.17, 15) is 30.0 Å². The van der Waals surface area contributed by atoms with Crippen LogP contribution >= 0.6 is 63.7 Å². The second kappa shape index (κ2) is 9.04. The van der Waals surface area contributed by atoms with Crippen LogP contribution in [-0.4, -0.2) is 47.2 Å². The van der Waals surface area contributed by atoms with Gasteiger partial charge in [-0.15, -0.1) is 10.2 Å². The Labute approximate surface area is 194 Å². The summed E-state index contributed by atoms with van der Waals surface area (Å²) in [6.07, 6.45) is 0. The molecule has 0 fully saturated rings. The van der Waals surface area contributed by atoms with E-state index in [4.69, 9.17) is 0 Å². The monoisotopic (exact) mass is 686 g/mol. The Morgan fingerprint density at radius 3 is 1.37 bits per heavy atom. The second-order valence-corrected chi connectivity index (χ2v) is 11.0. The minimum absolute atomic E-state index is 0.297. The summed E-state index contributed by atoms with van der Waals surface area (Å²) in [5.41, 5.74) is 3.84. The molecule has 160 valence electrons. The standard InChI is InChI=1S/C6H2Br4N12O8/c7-5(8,21(25)26)19(23)13-3-1(15-29-17-3)11-12-2-4(18-30-16-2)14-20(24)6(9,10)22(27)28/h(H,13,17,23)(H,14,18,24)/q+2. The fraction of sp³-hybridized carbons (Fsp3) is 0.333. The van der Waals surface area contributed by atoms with Crippen molar-refractivity contribution in [3.05, 3.63) is 30.0 Å². The van der Waals surface area contributed by atoms with Gasteiger partial charge in [-0.2, -0.15) is 0 Å². The molecule has 0 aromatic carbocycles. The van der Waals surface area contributed by atoms with Crippen molar-refractivity contribution in [3.63, 3.8) is 0 Å². The van der Waals surface area contributed by atoms with E-state index in [1.807, 2.05) is 10.9 Å². The van der Waals surface area contributed by atoms with Gasteiger partial charge in [-0.3, -0.25) is 20.2 Å². The van der Waals surface area contributed by atoms with Crippen LogP contribution in [0.4, 0.5) is 23.3 Å². The molecule has 2 aromatic rings. The average molecular weight is 690 g/mol. The summed E-state index contributed by atoms with van der Waals surface area (Å²) in [6.45, 7) is 0. The van der Waals surface area contributed by atoms with Crippen molar-refractivity contribution in [3.8, 4) is 0 Å². The van der Waals surface area contributed by atoms with Gasteiger partial charge in [-0.1, -0.05) is 10.9 Å². The Morgan fingerprint density at radius 2 is 1.07 bits per heavy atom. The predicted molar refractivity (Wildman–Crippen MR) is 102 cm³/mol. The van der Waals surface area contributed by atoms with Gasteiger partial charge in [0, 0.05) is 0 Å². The Kier molecular flexibility index (Phi) is 7.14. The zero-order valence-corrected chi connectivity index (χ0v) is 19.6. The fourth-order valence-electron chi connectivity index (χ4n) is 1.21. The van der Waals surface area contributed by atoms with Gasteiger partial charge in [0.15, 0.2) is 0 Å². The molecule has 0 aliphatic heterocycles. The molecule has 0 aliphatic rings. The molecule has 0 unspecified atom stereocenters. The number of nitro groups is 2. The Hall–Kier alpha value is -2.60. The summed E-state index contributed by atoms with van der Waals surface area (Å²) in [4.78, 5) is 42.6. The average Bonchev–Trinajstić information content (AvgIpc) is 3.28. The van der Waals surface area contributed by atoms with Crippen molar-refractivity contribution in [2.24, 2.45) is 10.2 Å². The van der Waals surface area contributed by atoms with E-state index in [0.29, 0.717) is 0 Å². The smallest absolute Gasteiger partial charge is 0.257 e. The highest BCUT2D eigenvalue weighted by atomic mass is 79.9. The van der Waals surface area contributed by atoms with Crippen molar-refractivity contribution in [1.29, 1.82) is 0 Å². The number of nitroso groups, excluding NO2 is 2. The van der Waals surface area contributed by atoms with E-state index < -0.39 is 40.1 Å². The molecular formula is C6H2Br4N12O8+2. The maximum absolute atomic E-state index is 11.8. The van der Waals surface area contributed by atoms with Crippen LogP contribution in [0, 0.1) is 30.0 Å². The zero-order chi connectivity index (χ0) is 22.7. The molecule has 0 amide bonds.